The number of hydrogen-bond acceptors (Lipinski definition) is 2. The largest absolute Gasteiger partial charge is 0.381 e. The normalized spacial score (nSPS) is 24.0. The molecule has 0 unspecified atom stereocenters. The molecule has 0 bridgehead atoms. The minimum absolute atomic E-state index is 0.0344. The summed E-state index contributed by atoms with van der Waals surface area (Å²) in [6.45, 7) is 0. The molecule has 1 aliphatic rings. The topological polar surface area (TPSA) is 21.3 Å². The molecule has 0 aromatic heterocycles. The lowest BCUT2D eigenvalue weighted by atomic mass is 9.93. The van der Waals surface area contributed by atoms with Gasteiger partial charge in [-0.25, -0.2) is 13.2 Å². The molecule has 2 nitrogen and oxygen atoms in total. The summed E-state index contributed by atoms with van der Waals surface area (Å²) >= 11 is 0. The van der Waals surface area contributed by atoms with Crippen molar-refractivity contribution in [2.45, 2.75) is 37.8 Å². The molecule has 1 aliphatic carbocycles. The highest BCUT2D eigenvalue weighted by molar-refractivity contribution is 5.46. The second-order valence-electron chi connectivity index (χ2n) is 4.60. The van der Waals surface area contributed by atoms with Gasteiger partial charge in [-0.15, -0.1) is 0 Å². The van der Waals surface area contributed by atoms with Crippen molar-refractivity contribution >= 4 is 5.69 Å². The van der Waals surface area contributed by atoms with E-state index in [1.165, 1.54) is 0 Å². The summed E-state index contributed by atoms with van der Waals surface area (Å²) in [7, 11) is 1.67. The van der Waals surface area contributed by atoms with E-state index < -0.39 is 17.5 Å². The molecule has 1 aromatic rings. The van der Waals surface area contributed by atoms with Gasteiger partial charge < -0.3 is 10.1 Å². The maximum Gasteiger partial charge on any atom is 0.182 e. The van der Waals surface area contributed by atoms with Gasteiger partial charge in [-0.05, 0) is 25.7 Å². The minimum Gasteiger partial charge on any atom is -0.381 e. The molecule has 18 heavy (non-hydrogen) atoms. The third-order valence-electron chi connectivity index (χ3n) is 3.36. The molecule has 1 N–H and O–H groups in total. The molecule has 0 aliphatic heterocycles. The van der Waals surface area contributed by atoms with Gasteiger partial charge in [0.25, 0.3) is 0 Å². The zero-order valence-electron chi connectivity index (χ0n) is 10.2. The molecule has 0 heterocycles. The van der Waals surface area contributed by atoms with Gasteiger partial charge in [-0.3, -0.25) is 0 Å². The highest BCUT2D eigenvalue weighted by Gasteiger charge is 2.22. The predicted octanol–water partition coefficient (Wildman–Crippen LogP) is 3.47. The molecular weight excluding hydrogens is 243 g/mol. The number of hydrogen-bond donors (Lipinski definition) is 1. The van der Waals surface area contributed by atoms with Crippen LogP contribution in [-0.2, 0) is 4.74 Å². The first kappa shape index (κ1) is 13.2. The fourth-order valence-corrected chi connectivity index (χ4v) is 2.32. The van der Waals surface area contributed by atoms with Crippen LogP contribution in [0.3, 0.4) is 0 Å². The number of anilines is 1. The molecule has 0 saturated heterocycles. The van der Waals surface area contributed by atoms with Crippen molar-refractivity contribution in [3.05, 3.63) is 29.6 Å². The smallest absolute Gasteiger partial charge is 0.182 e. The van der Waals surface area contributed by atoms with Crippen LogP contribution in [0.5, 0.6) is 0 Å². The SMILES string of the molecule is COC1CCC(Nc2cc(F)cc(F)c2F)CC1. The molecular formula is C13H16F3NO. The molecule has 1 fully saturated rings. The number of methoxy groups -OCH3 is 1. The van der Waals surface area contributed by atoms with Crippen molar-refractivity contribution in [2.75, 3.05) is 12.4 Å². The third kappa shape index (κ3) is 2.96. The summed E-state index contributed by atoms with van der Waals surface area (Å²) in [5.41, 5.74) is -0.103. The number of rotatable bonds is 3. The van der Waals surface area contributed by atoms with E-state index in [9.17, 15) is 13.2 Å². The molecule has 0 radical (unpaired) electrons. The van der Waals surface area contributed by atoms with Crippen LogP contribution in [0.25, 0.3) is 0 Å². The highest BCUT2D eigenvalue weighted by Crippen LogP contribution is 2.26. The predicted molar refractivity (Wildman–Crippen MR) is 63.0 cm³/mol. The summed E-state index contributed by atoms with van der Waals surface area (Å²) in [5.74, 6) is -2.96. The van der Waals surface area contributed by atoms with Crippen LogP contribution >= 0.6 is 0 Å². The Morgan fingerprint density at radius 3 is 2.39 bits per heavy atom. The van der Waals surface area contributed by atoms with E-state index in [0.29, 0.717) is 6.07 Å². The average Bonchev–Trinajstić information content (AvgIpc) is 2.36. The zero-order chi connectivity index (χ0) is 13.1. The summed E-state index contributed by atoms with van der Waals surface area (Å²) in [6.07, 6.45) is 3.57. The molecule has 100 valence electrons. The molecule has 1 saturated carbocycles. The quantitative estimate of drug-likeness (QED) is 0.839. The lowest BCUT2D eigenvalue weighted by Gasteiger charge is -2.29. The Labute approximate surface area is 104 Å². The van der Waals surface area contributed by atoms with Crippen LogP contribution in [0.4, 0.5) is 18.9 Å². The van der Waals surface area contributed by atoms with Crippen LogP contribution in [0.15, 0.2) is 12.1 Å². The number of benzene rings is 1. The van der Waals surface area contributed by atoms with Gasteiger partial charge in [0, 0.05) is 25.3 Å². The van der Waals surface area contributed by atoms with Gasteiger partial charge in [0.15, 0.2) is 11.6 Å². The molecule has 0 amide bonds. The maximum absolute atomic E-state index is 13.5. The molecule has 5 heteroatoms. The Kier molecular flexibility index (Phi) is 4.11. The second kappa shape index (κ2) is 5.61. The fourth-order valence-electron chi connectivity index (χ4n) is 2.32. The Hall–Kier alpha value is -1.23. The maximum atomic E-state index is 13.5. The monoisotopic (exact) mass is 259 g/mol. The summed E-state index contributed by atoms with van der Waals surface area (Å²) in [5, 5.41) is 2.86. The number of ether oxygens (including phenoxy) is 1. The number of halogens is 3. The van der Waals surface area contributed by atoms with Crippen molar-refractivity contribution in [1.82, 2.24) is 0 Å². The fraction of sp³-hybridized carbons (Fsp3) is 0.538. The number of nitrogens with one attached hydrogen (secondary N) is 1. The van der Waals surface area contributed by atoms with E-state index in [1.807, 2.05) is 0 Å². The van der Waals surface area contributed by atoms with E-state index >= 15 is 0 Å². The van der Waals surface area contributed by atoms with Crippen LogP contribution in [0.1, 0.15) is 25.7 Å². The Morgan fingerprint density at radius 2 is 1.78 bits per heavy atom. The average molecular weight is 259 g/mol. The highest BCUT2D eigenvalue weighted by atomic mass is 19.2. The van der Waals surface area contributed by atoms with Gasteiger partial charge in [0.05, 0.1) is 11.8 Å². The Balaban J connectivity index is 2.02. The van der Waals surface area contributed by atoms with E-state index in [0.717, 1.165) is 31.7 Å². The first-order chi connectivity index (χ1) is 8.60. The van der Waals surface area contributed by atoms with Crippen LogP contribution in [0.2, 0.25) is 0 Å². The van der Waals surface area contributed by atoms with Crippen molar-refractivity contribution in [3.8, 4) is 0 Å². The third-order valence-corrected chi connectivity index (χ3v) is 3.36. The van der Waals surface area contributed by atoms with Crippen molar-refractivity contribution in [3.63, 3.8) is 0 Å². The summed E-state index contributed by atoms with van der Waals surface area (Å²) in [6, 6.07) is 1.57. The van der Waals surface area contributed by atoms with Crippen LogP contribution < -0.4 is 5.32 Å². The van der Waals surface area contributed by atoms with Gasteiger partial charge in [0.1, 0.15) is 5.82 Å². The van der Waals surface area contributed by atoms with E-state index in [-0.39, 0.29) is 17.8 Å². The van der Waals surface area contributed by atoms with Gasteiger partial charge >= 0.3 is 0 Å². The molecule has 0 spiro atoms. The molecule has 0 atom stereocenters. The van der Waals surface area contributed by atoms with Gasteiger partial charge in [0.2, 0.25) is 0 Å². The summed E-state index contributed by atoms with van der Waals surface area (Å²) in [4.78, 5) is 0. The first-order valence-corrected chi connectivity index (χ1v) is 6.04. The van der Waals surface area contributed by atoms with Crippen LogP contribution in [-0.4, -0.2) is 19.3 Å². The second-order valence-corrected chi connectivity index (χ2v) is 4.60. The van der Waals surface area contributed by atoms with Crippen molar-refractivity contribution in [1.29, 1.82) is 0 Å². The lowest BCUT2D eigenvalue weighted by molar-refractivity contribution is 0.0681. The summed E-state index contributed by atoms with van der Waals surface area (Å²) < 4.78 is 44.7. The van der Waals surface area contributed by atoms with Gasteiger partial charge in [-0.2, -0.15) is 0 Å². The molecule has 2 rings (SSSR count). The first-order valence-electron chi connectivity index (χ1n) is 6.04. The van der Waals surface area contributed by atoms with E-state index in [2.05, 4.69) is 5.32 Å². The van der Waals surface area contributed by atoms with Crippen molar-refractivity contribution in [2.24, 2.45) is 0 Å². The Morgan fingerprint density at radius 1 is 1.11 bits per heavy atom. The minimum atomic E-state index is -1.16. The Bertz CT molecular complexity index is 417. The lowest BCUT2D eigenvalue weighted by Crippen LogP contribution is -2.29. The zero-order valence-corrected chi connectivity index (χ0v) is 10.2. The van der Waals surface area contributed by atoms with Gasteiger partial charge in [-0.1, -0.05) is 0 Å². The standard InChI is InChI=1S/C13H16F3NO/c1-18-10-4-2-9(3-5-10)17-12-7-8(14)6-11(15)13(12)16/h6-7,9-10,17H,2-5H2,1H3. The van der Waals surface area contributed by atoms with Crippen LogP contribution in [0, 0.1) is 17.5 Å². The van der Waals surface area contributed by atoms with E-state index in [4.69, 9.17) is 4.74 Å². The van der Waals surface area contributed by atoms with E-state index in [1.54, 1.807) is 7.11 Å². The van der Waals surface area contributed by atoms with Crippen molar-refractivity contribution < 1.29 is 17.9 Å². The molecule has 1 aromatic carbocycles.